The summed E-state index contributed by atoms with van der Waals surface area (Å²) >= 11 is 0. The van der Waals surface area contributed by atoms with E-state index < -0.39 is 70.6 Å². The third kappa shape index (κ3) is 10.8. The monoisotopic (exact) mass is 670 g/mol. The van der Waals surface area contributed by atoms with Gasteiger partial charge in [0.15, 0.2) is 0 Å². The second kappa shape index (κ2) is 15.9. The van der Waals surface area contributed by atoms with Crippen molar-refractivity contribution >= 4 is 44.8 Å². The summed E-state index contributed by atoms with van der Waals surface area (Å²) in [6.07, 6.45) is -2.04. The zero-order chi connectivity index (χ0) is 34.9. The molecule has 14 nitrogen and oxygen atoms in total. The Hall–Kier alpha value is -4.44. The van der Waals surface area contributed by atoms with Crippen molar-refractivity contribution in [1.82, 2.24) is 24.6 Å². The molecule has 0 saturated heterocycles. The van der Waals surface area contributed by atoms with E-state index in [9.17, 15) is 37.8 Å². The van der Waals surface area contributed by atoms with Crippen molar-refractivity contribution in [3.63, 3.8) is 0 Å². The Morgan fingerprint density at radius 2 is 1.57 bits per heavy atom. The van der Waals surface area contributed by atoms with Gasteiger partial charge in [0.1, 0.15) is 17.3 Å². The first-order chi connectivity index (χ1) is 22.0. The molecule has 0 unspecified atom stereocenters. The van der Waals surface area contributed by atoms with Gasteiger partial charge in [-0.25, -0.2) is 4.98 Å². The van der Waals surface area contributed by atoms with E-state index in [1.807, 2.05) is 12.1 Å². The Balaban J connectivity index is 1.89. The van der Waals surface area contributed by atoms with Gasteiger partial charge in [-0.3, -0.25) is 19.2 Å². The predicted molar refractivity (Wildman–Crippen MR) is 175 cm³/mol. The number of rotatable bonds is 17. The Labute approximate surface area is 273 Å². The number of hydrogen-bond donors (Lipinski definition) is 6. The lowest BCUT2D eigenvalue weighted by molar-refractivity contribution is -0.142. The van der Waals surface area contributed by atoms with Crippen molar-refractivity contribution in [1.29, 1.82) is 0 Å². The molecule has 0 radical (unpaired) electrons. The number of primary amides is 1. The van der Waals surface area contributed by atoms with Crippen LogP contribution in [-0.4, -0.2) is 88.4 Å². The fourth-order valence-corrected chi connectivity index (χ4v) is 6.42. The van der Waals surface area contributed by atoms with Crippen LogP contribution in [0, 0.1) is 5.92 Å². The molecule has 1 heterocycles. The second-order valence-electron chi connectivity index (χ2n) is 12.2. The molecule has 7 N–H and O–H groups in total. The normalized spacial score (nSPS) is 14.0. The van der Waals surface area contributed by atoms with Crippen LogP contribution >= 0.6 is 0 Å². The summed E-state index contributed by atoms with van der Waals surface area (Å²) in [6.45, 7) is 5.29. The number of nitrogens with one attached hydrogen (secondary N) is 3. The average Bonchev–Trinajstić information content (AvgIpc) is 2.99. The number of aliphatic hydroxyl groups excluding tert-OH is 1. The Bertz CT molecular complexity index is 1680. The minimum Gasteiger partial charge on any atom is -0.480 e. The van der Waals surface area contributed by atoms with Gasteiger partial charge in [-0.1, -0.05) is 68.4 Å². The molecular formula is C32H42N6O8S. The third-order valence-corrected chi connectivity index (χ3v) is 8.91. The minimum absolute atomic E-state index is 0.00170. The van der Waals surface area contributed by atoms with Crippen molar-refractivity contribution in [2.45, 2.75) is 64.3 Å². The number of carboxylic acid groups (broad SMARTS) is 1. The summed E-state index contributed by atoms with van der Waals surface area (Å²) in [5, 5.41) is 26.9. The molecule has 47 heavy (non-hydrogen) atoms. The van der Waals surface area contributed by atoms with E-state index in [1.165, 1.54) is 19.9 Å². The van der Waals surface area contributed by atoms with Gasteiger partial charge in [0.25, 0.3) is 16.1 Å². The molecule has 3 aromatic rings. The van der Waals surface area contributed by atoms with Crippen LogP contribution in [0.5, 0.6) is 0 Å². The number of para-hydroxylation sites is 1. The molecule has 3 rings (SSSR count). The molecule has 1 aromatic heterocycles. The van der Waals surface area contributed by atoms with Crippen molar-refractivity contribution < 1.29 is 37.8 Å². The number of pyridine rings is 1. The smallest absolute Gasteiger partial charge is 0.324 e. The molecule has 0 fully saturated rings. The van der Waals surface area contributed by atoms with Gasteiger partial charge >= 0.3 is 5.97 Å². The quantitative estimate of drug-likeness (QED) is 0.120. The minimum atomic E-state index is -4.44. The summed E-state index contributed by atoms with van der Waals surface area (Å²) in [5.74, 6) is -4.08. The van der Waals surface area contributed by atoms with E-state index in [2.05, 4.69) is 20.3 Å². The Kier molecular flexibility index (Phi) is 12.5. The highest BCUT2D eigenvalue weighted by atomic mass is 32.2. The largest absolute Gasteiger partial charge is 0.480 e. The summed E-state index contributed by atoms with van der Waals surface area (Å²) < 4.78 is 29.8. The topological polar surface area (TPSA) is 221 Å². The number of carbonyl (C=O) groups is 4. The number of hydrogen-bond acceptors (Lipinski definition) is 8. The summed E-state index contributed by atoms with van der Waals surface area (Å²) in [6, 6.07) is 16.5. The summed E-state index contributed by atoms with van der Waals surface area (Å²) in [4.78, 5) is 54.7. The van der Waals surface area contributed by atoms with Crippen LogP contribution in [-0.2, 0) is 31.0 Å². The van der Waals surface area contributed by atoms with E-state index in [0.29, 0.717) is 11.1 Å². The van der Waals surface area contributed by atoms with Crippen LogP contribution in [0.1, 0.15) is 50.2 Å². The maximum Gasteiger partial charge on any atom is 0.324 e. The highest BCUT2D eigenvalue weighted by Crippen LogP contribution is 2.16. The van der Waals surface area contributed by atoms with Gasteiger partial charge in [0.05, 0.1) is 24.1 Å². The average molecular weight is 671 g/mol. The molecule has 0 aliphatic rings. The molecule has 0 aliphatic carbocycles. The lowest BCUT2D eigenvalue weighted by atomic mass is 10.00. The van der Waals surface area contributed by atoms with Crippen LogP contribution in [0.2, 0.25) is 0 Å². The highest BCUT2D eigenvalue weighted by molar-refractivity contribution is 7.87. The fraction of sp³-hybridized carbons (Fsp3) is 0.406. The summed E-state index contributed by atoms with van der Waals surface area (Å²) in [5.41, 5.74) is 4.79. The number of aliphatic carboxylic acids is 1. The standard InChI is InChI=1S/C32H42N6O8S/c1-20(2)18-38(47(45,46)37-32(3,4)31(43)44)19-27(39)25(16-21-10-6-5-7-11-21)35-30(42)26(17-28(33)40)36-29(41)24-15-14-22-12-8-9-13-23(22)34-24/h5-15,20,25-27,37,39H,16-19H2,1-4H3,(H2,33,40)(H,35,42)(H,36,41)(H,43,44)/t25-,26-,27+/m0/s1. The molecule has 3 atom stereocenters. The predicted octanol–water partition coefficient (Wildman–Crippen LogP) is 0.953. The molecule has 3 amide bonds. The zero-order valence-corrected chi connectivity index (χ0v) is 27.5. The number of aromatic nitrogens is 1. The SMILES string of the molecule is CC(C)CN(C[C@@H](O)[C@H](Cc1ccccc1)NC(=O)[C@H](CC(N)=O)NC(=O)c1ccc2ccccc2n1)S(=O)(=O)NC(C)(C)C(=O)O. The van der Waals surface area contributed by atoms with Gasteiger partial charge in [0.2, 0.25) is 11.8 Å². The number of amides is 3. The van der Waals surface area contributed by atoms with Crippen LogP contribution in [0.3, 0.4) is 0 Å². The number of carbonyl (C=O) groups excluding carboxylic acids is 3. The van der Waals surface area contributed by atoms with Gasteiger partial charge in [-0.2, -0.15) is 17.4 Å². The maximum atomic E-state index is 13.6. The number of nitrogens with two attached hydrogens (primary N) is 1. The maximum absolute atomic E-state index is 13.6. The third-order valence-electron chi connectivity index (χ3n) is 7.17. The number of aliphatic hydroxyl groups is 1. The lowest BCUT2D eigenvalue weighted by Crippen LogP contribution is -2.59. The van der Waals surface area contributed by atoms with E-state index in [1.54, 1.807) is 62.4 Å². The van der Waals surface area contributed by atoms with Crippen molar-refractivity contribution in [3.05, 3.63) is 78.0 Å². The van der Waals surface area contributed by atoms with Crippen LogP contribution in [0.4, 0.5) is 0 Å². The molecule has 2 aromatic carbocycles. The molecular weight excluding hydrogens is 628 g/mol. The van der Waals surface area contributed by atoms with Gasteiger partial charge in [-0.05, 0) is 43.9 Å². The van der Waals surface area contributed by atoms with Gasteiger partial charge in [-0.15, -0.1) is 0 Å². The lowest BCUT2D eigenvalue weighted by Gasteiger charge is -2.33. The number of nitrogens with zero attached hydrogens (tertiary/aromatic N) is 2. The first-order valence-electron chi connectivity index (χ1n) is 15.0. The second-order valence-corrected chi connectivity index (χ2v) is 13.9. The molecule has 254 valence electrons. The Morgan fingerprint density at radius 1 is 0.936 bits per heavy atom. The molecule has 15 heteroatoms. The molecule has 0 aliphatic heterocycles. The van der Waals surface area contributed by atoms with Crippen LogP contribution in [0.15, 0.2) is 66.7 Å². The fourth-order valence-electron chi connectivity index (χ4n) is 4.71. The number of carboxylic acids is 1. The molecule has 0 saturated carbocycles. The van der Waals surface area contributed by atoms with E-state index >= 15 is 0 Å². The molecule has 0 spiro atoms. The van der Waals surface area contributed by atoms with E-state index in [0.717, 1.165) is 9.69 Å². The summed E-state index contributed by atoms with van der Waals surface area (Å²) in [7, 11) is -4.44. The van der Waals surface area contributed by atoms with Crippen LogP contribution in [0.25, 0.3) is 10.9 Å². The van der Waals surface area contributed by atoms with E-state index in [-0.39, 0.29) is 24.6 Å². The highest BCUT2D eigenvalue weighted by Gasteiger charge is 2.38. The number of fused-ring (bicyclic) bond motifs is 1. The zero-order valence-electron chi connectivity index (χ0n) is 26.7. The van der Waals surface area contributed by atoms with Crippen LogP contribution < -0.4 is 21.1 Å². The van der Waals surface area contributed by atoms with Gasteiger partial charge in [0, 0.05) is 18.5 Å². The van der Waals surface area contributed by atoms with Crippen molar-refractivity contribution in [2.24, 2.45) is 11.7 Å². The van der Waals surface area contributed by atoms with Gasteiger partial charge < -0.3 is 26.6 Å². The van der Waals surface area contributed by atoms with Crippen molar-refractivity contribution in [3.8, 4) is 0 Å². The Morgan fingerprint density at radius 3 is 2.19 bits per heavy atom. The molecule has 0 bridgehead atoms. The van der Waals surface area contributed by atoms with E-state index in [4.69, 9.17) is 5.73 Å². The first kappa shape index (κ1) is 37.0. The first-order valence-corrected chi connectivity index (χ1v) is 16.4. The number of benzene rings is 2. The van der Waals surface area contributed by atoms with Crippen molar-refractivity contribution in [2.75, 3.05) is 13.1 Å².